The quantitative estimate of drug-likeness (QED) is 0.250. The summed E-state index contributed by atoms with van der Waals surface area (Å²) >= 11 is 0. The normalized spacial score (nSPS) is 44.7. The van der Waals surface area contributed by atoms with Gasteiger partial charge in [-0.1, -0.05) is 26.3 Å². The number of piperidine rings is 1. The Labute approximate surface area is 185 Å². The van der Waals surface area contributed by atoms with E-state index in [1.165, 1.54) is 0 Å². The molecule has 2 aliphatic carbocycles. The van der Waals surface area contributed by atoms with Crippen molar-refractivity contribution in [2.24, 2.45) is 29.6 Å². The molecule has 9 atom stereocenters. The molecule has 9 unspecified atom stereocenters. The number of halogens is 6. The number of rotatable bonds is 1. The summed E-state index contributed by atoms with van der Waals surface area (Å²) in [6, 6.07) is 0. The lowest BCUT2D eigenvalue weighted by Gasteiger charge is -2.66. The Morgan fingerprint density at radius 1 is 1.12 bits per heavy atom. The van der Waals surface area contributed by atoms with Gasteiger partial charge in [0.05, 0.1) is 29.3 Å². The fraction of sp³-hybridized carbons (Fsp3) is 0.739. The Balaban J connectivity index is 1.61. The number of hydrogen-bond acceptors (Lipinski definition) is 2. The zero-order chi connectivity index (χ0) is 23.2. The molecule has 178 valence electrons. The van der Waals surface area contributed by atoms with Crippen LogP contribution < -0.4 is 0 Å². The molecule has 5 rings (SSSR count). The highest BCUT2D eigenvalue weighted by Crippen LogP contribution is 2.66. The first-order chi connectivity index (χ1) is 14.8. The summed E-state index contributed by atoms with van der Waals surface area (Å²) in [5.74, 6) is -6.07. The van der Waals surface area contributed by atoms with Crippen molar-refractivity contribution in [3.05, 3.63) is 35.1 Å². The van der Waals surface area contributed by atoms with Crippen molar-refractivity contribution in [3.8, 4) is 0 Å². The predicted molar refractivity (Wildman–Crippen MR) is 111 cm³/mol. The third-order valence-corrected chi connectivity index (χ3v) is 9.99. The van der Waals surface area contributed by atoms with E-state index >= 15 is 0 Å². The summed E-state index contributed by atoms with van der Waals surface area (Å²) in [5, 5.41) is 0. The molecular formula is C23H28F6NOP. The van der Waals surface area contributed by atoms with Crippen LogP contribution in [0.3, 0.4) is 0 Å². The second-order valence-electron chi connectivity index (χ2n) is 10.2. The Morgan fingerprint density at radius 3 is 2.44 bits per heavy atom. The highest BCUT2D eigenvalue weighted by atomic mass is 31.1. The first kappa shape index (κ1) is 22.8. The fourth-order valence-electron chi connectivity index (χ4n) is 6.80. The summed E-state index contributed by atoms with van der Waals surface area (Å²) in [6.45, 7) is 6.34. The molecule has 0 aromatic rings. The van der Waals surface area contributed by atoms with Crippen LogP contribution in [0.25, 0.3) is 0 Å². The molecule has 0 amide bonds. The smallest absolute Gasteiger partial charge is 0.366 e. The second kappa shape index (κ2) is 7.24. The minimum absolute atomic E-state index is 0.105. The molecule has 3 fully saturated rings. The van der Waals surface area contributed by atoms with E-state index in [2.05, 4.69) is 4.90 Å². The molecule has 0 bridgehead atoms. The predicted octanol–water partition coefficient (Wildman–Crippen LogP) is 6.27. The van der Waals surface area contributed by atoms with Crippen LogP contribution in [-0.4, -0.2) is 47.4 Å². The number of fused-ring (bicyclic) bond motifs is 6. The van der Waals surface area contributed by atoms with Gasteiger partial charge >= 0.3 is 12.4 Å². The van der Waals surface area contributed by atoms with Gasteiger partial charge in [-0.25, -0.2) is 0 Å². The molecule has 9 heteroatoms. The van der Waals surface area contributed by atoms with Crippen LogP contribution in [0.15, 0.2) is 35.1 Å². The van der Waals surface area contributed by atoms with Crippen LogP contribution in [-0.2, 0) is 4.74 Å². The maximum absolute atomic E-state index is 14.2. The van der Waals surface area contributed by atoms with Crippen molar-refractivity contribution in [1.29, 1.82) is 0 Å². The lowest BCUT2D eigenvalue weighted by Crippen LogP contribution is -2.69. The standard InChI is InChI=1S/C23H28F6NOP/c1-11-4-5-30-18(6-11)14-7-13(22(24,25)26)8-16(23(27,28)29)19(14)15-9-17(21(15,30)3)20-31-12(2)10-32-20/h4,6,9,12-16,19-20,32H,5,7-8,10H2,1-3H3. The Bertz CT molecular complexity index is 892. The molecule has 5 aliphatic rings. The molecule has 2 nitrogen and oxygen atoms in total. The average Bonchev–Trinajstić information content (AvgIpc) is 3.09. The summed E-state index contributed by atoms with van der Waals surface area (Å²) in [6.07, 6.45) is -3.65. The minimum atomic E-state index is -4.67. The van der Waals surface area contributed by atoms with Gasteiger partial charge < -0.3 is 9.64 Å². The monoisotopic (exact) mass is 479 g/mol. The van der Waals surface area contributed by atoms with Gasteiger partial charge in [-0.15, -0.1) is 0 Å². The van der Waals surface area contributed by atoms with Gasteiger partial charge in [-0.3, -0.25) is 0 Å². The average molecular weight is 479 g/mol. The van der Waals surface area contributed by atoms with E-state index in [0.717, 1.165) is 17.3 Å². The SMILES string of the molecule is CC1=CCN2C(=C1)C1CC(C(F)(F)F)CC(C(F)(F)F)C1C1C=C(C3OC(C)CP3)C12C. The third kappa shape index (κ3) is 3.30. The minimum Gasteiger partial charge on any atom is -0.366 e. The molecule has 0 N–H and O–H groups in total. The van der Waals surface area contributed by atoms with E-state index in [1.807, 2.05) is 39.0 Å². The molecule has 2 saturated heterocycles. The number of hydrogen-bond donors (Lipinski definition) is 0. The van der Waals surface area contributed by atoms with Crippen molar-refractivity contribution < 1.29 is 31.1 Å². The zero-order valence-corrected chi connectivity index (χ0v) is 19.2. The first-order valence-corrected chi connectivity index (χ1v) is 12.5. The Kier molecular flexibility index (Phi) is 5.15. The van der Waals surface area contributed by atoms with Crippen LogP contribution in [0.2, 0.25) is 0 Å². The van der Waals surface area contributed by atoms with Crippen LogP contribution >= 0.6 is 8.58 Å². The summed E-state index contributed by atoms with van der Waals surface area (Å²) < 4.78 is 89.8. The van der Waals surface area contributed by atoms with E-state index in [0.29, 0.717) is 20.8 Å². The Morgan fingerprint density at radius 2 is 1.84 bits per heavy atom. The van der Waals surface area contributed by atoms with Crippen LogP contribution in [0, 0.1) is 29.6 Å². The molecule has 32 heavy (non-hydrogen) atoms. The van der Waals surface area contributed by atoms with E-state index in [9.17, 15) is 26.3 Å². The lowest BCUT2D eigenvalue weighted by atomic mass is 9.49. The van der Waals surface area contributed by atoms with Crippen molar-refractivity contribution in [2.45, 2.75) is 63.5 Å². The molecule has 0 radical (unpaired) electrons. The maximum atomic E-state index is 14.2. The van der Waals surface area contributed by atoms with Gasteiger partial charge in [0.25, 0.3) is 0 Å². The van der Waals surface area contributed by atoms with Crippen molar-refractivity contribution >= 4 is 8.58 Å². The van der Waals surface area contributed by atoms with Gasteiger partial charge in [0.2, 0.25) is 0 Å². The van der Waals surface area contributed by atoms with Gasteiger partial charge in [-0.2, -0.15) is 26.3 Å². The highest BCUT2D eigenvalue weighted by Gasteiger charge is 2.67. The van der Waals surface area contributed by atoms with Crippen LogP contribution in [0.4, 0.5) is 26.3 Å². The van der Waals surface area contributed by atoms with E-state index < -0.39 is 53.9 Å². The summed E-state index contributed by atoms with van der Waals surface area (Å²) in [5.41, 5.74) is 1.91. The molecule has 0 aromatic heterocycles. The Hall–Kier alpha value is -1.01. The van der Waals surface area contributed by atoms with Crippen molar-refractivity contribution in [1.82, 2.24) is 4.90 Å². The van der Waals surface area contributed by atoms with Gasteiger partial charge in [0.1, 0.15) is 0 Å². The number of ether oxygens (including phenoxy) is 1. The lowest BCUT2D eigenvalue weighted by molar-refractivity contribution is -0.254. The fourth-order valence-corrected chi connectivity index (χ4v) is 8.38. The number of nitrogens with zero attached hydrogens (tertiary/aromatic N) is 1. The molecule has 0 aromatic carbocycles. The van der Waals surface area contributed by atoms with Crippen LogP contribution in [0.5, 0.6) is 0 Å². The summed E-state index contributed by atoms with van der Waals surface area (Å²) in [7, 11) is 0.550. The molecular weight excluding hydrogens is 451 g/mol. The van der Waals surface area contributed by atoms with Gasteiger partial charge in [0, 0.05) is 24.1 Å². The third-order valence-electron chi connectivity index (χ3n) is 8.36. The van der Waals surface area contributed by atoms with Crippen molar-refractivity contribution in [2.75, 3.05) is 12.7 Å². The summed E-state index contributed by atoms with van der Waals surface area (Å²) in [4.78, 5) is 2.09. The van der Waals surface area contributed by atoms with Gasteiger partial charge in [-0.05, 0) is 57.3 Å². The van der Waals surface area contributed by atoms with Gasteiger partial charge in [0.15, 0.2) is 0 Å². The highest BCUT2D eigenvalue weighted by molar-refractivity contribution is 7.39. The molecule has 3 heterocycles. The first-order valence-electron chi connectivity index (χ1n) is 11.2. The number of alkyl halides is 6. The molecule has 0 spiro atoms. The molecule has 1 saturated carbocycles. The van der Waals surface area contributed by atoms with E-state index in [4.69, 9.17) is 4.74 Å². The van der Waals surface area contributed by atoms with Crippen molar-refractivity contribution in [3.63, 3.8) is 0 Å². The second-order valence-corrected chi connectivity index (χ2v) is 11.5. The largest absolute Gasteiger partial charge is 0.392 e. The maximum Gasteiger partial charge on any atom is 0.392 e. The zero-order valence-electron chi connectivity index (χ0n) is 18.2. The molecule has 3 aliphatic heterocycles. The van der Waals surface area contributed by atoms with Crippen LogP contribution in [0.1, 0.15) is 33.6 Å². The van der Waals surface area contributed by atoms with E-state index in [1.54, 1.807) is 0 Å². The number of allylic oxidation sites excluding steroid dienone is 3. The topological polar surface area (TPSA) is 12.5 Å². The van der Waals surface area contributed by atoms with E-state index in [-0.39, 0.29) is 18.4 Å².